The number of anilines is 1. The van der Waals surface area contributed by atoms with Crippen molar-refractivity contribution in [2.24, 2.45) is 0 Å². The van der Waals surface area contributed by atoms with E-state index in [9.17, 15) is 24.3 Å². The summed E-state index contributed by atoms with van der Waals surface area (Å²) in [5.41, 5.74) is -0.0556. The first-order valence-corrected chi connectivity index (χ1v) is 12.4. The normalized spacial score (nSPS) is 17.2. The number of nitrogens with zero attached hydrogens (tertiary/aromatic N) is 6. The lowest BCUT2D eigenvalue weighted by molar-refractivity contribution is 0.0247. The standard InChI is InChI=1S/C27H27FN6O5/c1-27(2,3)39-26(37)33-13-20-24(25(33)36)21(11-19(30-20)23-16(12-29)5-4-6-18(23)28)34-8-7-22(31-34)32-9-10-38-15-17(32)14-35/h4-8,11,17,35H,9-10,13-15H2,1-3H3/t17-/m0/s1. The molecule has 39 heavy (non-hydrogen) atoms. The Morgan fingerprint density at radius 1 is 1.31 bits per heavy atom. The van der Waals surface area contributed by atoms with Crippen molar-refractivity contribution < 1.29 is 28.6 Å². The maximum atomic E-state index is 15.0. The van der Waals surface area contributed by atoms with Crippen molar-refractivity contribution in [2.75, 3.05) is 31.3 Å². The molecule has 2 aromatic heterocycles. The average Bonchev–Trinajstić information content (AvgIpc) is 3.52. The molecule has 0 saturated carbocycles. The number of aromatic nitrogens is 3. The number of amides is 2. The van der Waals surface area contributed by atoms with Crippen molar-refractivity contribution in [1.82, 2.24) is 19.7 Å². The highest BCUT2D eigenvalue weighted by Gasteiger charge is 2.39. The van der Waals surface area contributed by atoms with Gasteiger partial charge in [-0.2, -0.15) is 10.4 Å². The van der Waals surface area contributed by atoms with E-state index in [1.807, 2.05) is 11.0 Å². The maximum Gasteiger partial charge on any atom is 0.417 e. The van der Waals surface area contributed by atoms with Crippen LogP contribution >= 0.6 is 0 Å². The molecule has 1 N–H and O–H groups in total. The molecule has 0 spiro atoms. The zero-order chi connectivity index (χ0) is 27.9. The number of carbonyl (C=O) groups is 2. The number of hydrogen-bond acceptors (Lipinski definition) is 9. The Labute approximate surface area is 224 Å². The molecule has 1 saturated heterocycles. The van der Waals surface area contributed by atoms with Gasteiger partial charge in [-0.1, -0.05) is 6.07 Å². The third-order valence-corrected chi connectivity index (χ3v) is 6.40. The van der Waals surface area contributed by atoms with Gasteiger partial charge in [0.05, 0.1) is 72.2 Å². The van der Waals surface area contributed by atoms with Crippen LogP contribution < -0.4 is 4.90 Å². The Morgan fingerprint density at radius 2 is 2.10 bits per heavy atom. The second kappa shape index (κ2) is 10.1. The predicted octanol–water partition coefficient (Wildman–Crippen LogP) is 3.03. The lowest BCUT2D eigenvalue weighted by atomic mass is 10.0. The van der Waals surface area contributed by atoms with E-state index in [0.29, 0.717) is 25.6 Å². The summed E-state index contributed by atoms with van der Waals surface area (Å²) in [7, 11) is 0. The van der Waals surface area contributed by atoms with Gasteiger partial charge in [-0.25, -0.2) is 23.8 Å². The molecule has 0 aliphatic carbocycles. The molecule has 202 valence electrons. The number of benzene rings is 1. The molecule has 1 fully saturated rings. The molecule has 0 unspecified atom stereocenters. The number of aliphatic hydroxyl groups excluding tert-OH is 1. The van der Waals surface area contributed by atoms with Crippen LogP contribution in [0.3, 0.4) is 0 Å². The first kappa shape index (κ1) is 26.3. The van der Waals surface area contributed by atoms with E-state index in [0.717, 1.165) is 4.90 Å². The summed E-state index contributed by atoms with van der Waals surface area (Å²) < 4.78 is 27.3. The van der Waals surface area contributed by atoms with Crippen molar-refractivity contribution in [3.8, 4) is 23.0 Å². The van der Waals surface area contributed by atoms with Crippen LogP contribution in [0.5, 0.6) is 0 Å². The highest BCUT2D eigenvalue weighted by Crippen LogP contribution is 2.34. The summed E-state index contributed by atoms with van der Waals surface area (Å²) in [6, 6.07) is 9.04. The van der Waals surface area contributed by atoms with Crippen LogP contribution in [0.2, 0.25) is 0 Å². The Kier molecular flexibility index (Phi) is 6.80. The molecule has 11 nitrogen and oxygen atoms in total. The highest BCUT2D eigenvalue weighted by atomic mass is 19.1. The molecule has 3 aromatic rings. The fraction of sp³-hybridized carbons (Fsp3) is 0.370. The second-order valence-electron chi connectivity index (χ2n) is 10.2. The van der Waals surface area contributed by atoms with Crippen LogP contribution in [0.25, 0.3) is 16.9 Å². The van der Waals surface area contributed by atoms with Gasteiger partial charge in [0.2, 0.25) is 0 Å². The number of rotatable bonds is 4. The number of aliphatic hydroxyl groups is 1. The van der Waals surface area contributed by atoms with Gasteiger partial charge in [-0.15, -0.1) is 0 Å². The SMILES string of the molecule is CC(C)(C)OC(=O)N1Cc2nc(-c3c(F)cccc3C#N)cc(-n3ccc(N4CCOC[C@@H]4CO)n3)c2C1=O. The molecule has 1 aromatic carbocycles. The number of carbonyl (C=O) groups excluding carboxylic acids is 2. The van der Waals surface area contributed by atoms with E-state index in [-0.39, 0.29) is 53.0 Å². The zero-order valence-corrected chi connectivity index (χ0v) is 21.7. The molecule has 5 rings (SSSR count). The van der Waals surface area contributed by atoms with Crippen molar-refractivity contribution in [1.29, 1.82) is 5.26 Å². The maximum absolute atomic E-state index is 15.0. The van der Waals surface area contributed by atoms with Crippen LogP contribution in [-0.2, 0) is 16.0 Å². The summed E-state index contributed by atoms with van der Waals surface area (Å²) in [5, 5.41) is 24.1. The van der Waals surface area contributed by atoms with Gasteiger partial charge in [0.25, 0.3) is 5.91 Å². The predicted molar refractivity (Wildman–Crippen MR) is 137 cm³/mol. The van der Waals surface area contributed by atoms with Crippen LogP contribution in [0.15, 0.2) is 36.5 Å². The largest absolute Gasteiger partial charge is 0.443 e. The van der Waals surface area contributed by atoms with Crippen molar-refractivity contribution in [3.63, 3.8) is 0 Å². The number of morpholine rings is 1. The van der Waals surface area contributed by atoms with Gasteiger partial charge in [0, 0.05) is 18.8 Å². The minimum absolute atomic E-state index is 0.0203. The summed E-state index contributed by atoms with van der Waals surface area (Å²) in [4.78, 5) is 33.7. The van der Waals surface area contributed by atoms with Gasteiger partial charge in [0.15, 0.2) is 5.82 Å². The molecule has 0 radical (unpaired) electrons. The molecule has 12 heteroatoms. The fourth-order valence-corrected chi connectivity index (χ4v) is 4.65. The molecule has 2 aliphatic rings. The average molecular weight is 535 g/mol. The van der Waals surface area contributed by atoms with E-state index in [2.05, 4.69) is 10.1 Å². The van der Waals surface area contributed by atoms with Crippen LogP contribution in [-0.4, -0.2) is 74.8 Å². The lowest BCUT2D eigenvalue weighted by Crippen LogP contribution is -2.47. The Balaban J connectivity index is 1.64. The Morgan fingerprint density at radius 3 is 2.82 bits per heavy atom. The van der Waals surface area contributed by atoms with Crippen LogP contribution in [0, 0.1) is 17.1 Å². The molecule has 2 amide bonds. The highest BCUT2D eigenvalue weighted by molar-refractivity contribution is 6.08. The third-order valence-electron chi connectivity index (χ3n) is 6.40. The summed E-state index contributed by atoms with van der Waals surface area (Å²) in [5.74, 6) is -0.734. The number of halogens is 1. The van der Waals surface area contributed by atoms with Crippen LogP contribution in [0.4, 0.5) is 15.0 Å². The van der Waals surface area contributed by atoms with E-state index >= 15 is 0 Å². The van der Waals surface area contributed by atoms with Crippen molar-refractivity contribution >= 4 is 17.8 Å². The smallest absolute Gasteiger partial charge is 0.417 e. The first-order chi connectivity index (χ1) is 18.6. The number of nitriles is 1. The second-order valence-corrected chi connectivity index (χ2v) is 10.2. The minimum atomic E-state index is -0.833. The molecule has 4 heterocycles. The third kappa shape index (κ3) is 4.94. The molecule has 0 bridgehead atoms. The zero-order valence-electron chi connectivity index (χ0n) is 21.7. The van der Waals surface area contributed by atoms with Gasteiger partial charge in [0.1, 0.15) is 11.4 Å². The number of hydrogen-bond donors (Lipinski definition) is 1. The van der Waals surface area contributed by atoms with E-state index in [1.165, 1.54) is 28.9 Å². The van der Waals surface area contributed by atoms with Crippen molar-refractivity contribution in [2.45, 2.75) is 39.0 Å². The topological polar surface area (TPSA) is 134 Å². The van der Waals surface area contributed by atoms with E-state index in [1.54, 1.807) is 33.0 Å². The molecular formula is C27H27FN6O5. The van der Waals surface area contributed by atoms with E-state index in [4.69, 9.17) is 9.47 Å². The monoisotopic (exact) mass is 534 g/mol. The number of imide groups is 1. The van der Waals surface area contributed by atoms with Gasteiger partial charge >= 0.3 is 6.09 Å². The Bertz CT molecular complexity index is 1490. The number of pyridine rings is 1. The molecule has 1 atom stereocenters. The van der Waals surface area contributed by atoms with E-state index < -0.39 is 23.4 Å². The number of fused-ring (bicyclic) bond motifs is 1. The van der Waals surface area contributed by atoms with Gasteiger partial charge in [-0.3, -0.25) is 4.79 Å². The number of ether oxygens (including phenoxy) is 2. The summed E-state index contributed by atoms with van der Waals surface area (Å²) in [6.07, 6.45) is 0.802. The van der Waals surface area contributed by atoms with Gasteiger partial charge in [-0.05, 0) is 39.0 Å². The summed E-state index contributed by atoms with van der Waals surface area (Å²) in [6.45, 7) is 6.07. The molecule has 2 aliphatic heterocycles. The Hall–Kier alpha value is -4.34. The van der Waals surface area contributed by atoms with Crippen LogP contribution in [0.1, 0.15) is 42.4 Å². The van der Waals surface area contributed by atoms with Crippen molar-refractivity contribution in [3.05, 3.63) is 59.2 Å². The quantitative estimate of drug-likeness (QED) is 0.536. The summed E-state index contributed by atoms with van der Waals surface area (Å²) >= 11 is 0. The fourth-order valence-electron chi connectivity index (χ4n) is 4.65. The lowest BCUT2D eigenvalue weighted by Gasteiger charge is -2.34. The molecular weight excluding hydrogens is 507 g/mol. The van der Waals surface area contributed by atoms with Gasteiger partial charge < -0.3 is 19.5 Å². The first-order valence-electron chi connectivity index (χ1n) is 12.4. The minimum Gasteiger partial charge on any atom is -0.443 e.